The number of nitrogens with one attached hydrogen (secondary N) is 3. The van der Waals surface area contributed by atoms with Gasteiger partial charge in [0.2, 0.25) is 0 Å². The average molecular weight is 243 g/mol. The molecule has 17 heavy (non-hydrogen) atoms. The quantitative estimate of drug-likeness (QED) is 0.634. The van der Waals surface area contributed by atoms with Crippen LogP contribution in [0.4, 0.5) is 4.79 Å². The van der Waals surface area contributed by atoms with Gasteiger partial charge < -0.3 is 15.4 Å². The molecule has 3 amide bonds. The normalized spacial score (nSPS) is 20.9. The van der Waals surface area contributed by atoms with Crippen molar-refractivity contribution in [3.8, 4) is 0 Å². The maximum absolute atomic E-state index is 11.5. The largest absolute Gasteiger partial charge is 0.367 e. The summed E-state index contributed by atoms with van der Waals surface area (Å²) in [4.78, 5) is 22.6. The van der Waals surface area contributed by atoms with Crippen LogP contribution in [-0.4, -0.2) is 43.8 Å². The third-order valence-corrected chi connectivity index (χ3v) is 2.65. The Balaban J connectivity index is 2.19. The van der Waals surface area contributed by atoms with E-state index >= 15 is 0 Å². The lowest BCUT2D eigenvalue weighted by Gasteiger charge is -2.16. The summed E-state index contributed by atoms with van der Waals surface area (Å²) in [5.74, 6) is -0.408. The molecule has 0 saturated carbocycles. The third-order valence-electron chi connectivity index (χ3n) is 2.65. The molecule has 6 nitrogen and oxygen atoms in total. The van der Waals surface area contributed by atoms with Gasteiger partial charge in [-0.3, -0.25) is 10.1 Å². The lowest BCUT2D eigenvalue weighted by Crippen LogP contribution is -2.44. The lowest BCUT2D eigenvalue weighted by atomic mass is 10.2. The van der Waals surface area contributed by atoms with Crippen LogP contribution < -0.4 is 16.0 Å². The maximum atomic E-state index is 11.5. The standard InChI is InChI=1S/C11H21N3O3/c1-3-12-11(16)14-10(15)8(2)17-7-9-5-4-6-13-9/h8-9,13H,3-7H2,1-2H3,(H2,12,14,15,16). The summed E-state index contributed by atoms with van der Waals surface area (Å²) in [6.07, 6.45) is 1.61. The van der Waals surface area contributed by atoms with Crippen molar-refractivity contribution in [3.63, 3.8) is 0 Å². The first kappa shape index (κ1) is 13.9. The van der Waals surface area contributed by atoms with Crippen LogP contribution in [0.25, 0.3) is 0 Å². The molecule has 98 valence electrons. The molecule has 2 unspecified atom stereocenters. The molecule has 1 saturated heterocycles. The van der Waals surface area contributed by atoms with Crippen LogP contribution in [0.5, 0.6) is 0 Å². The molecule has 6 heteroatoms. The van der Waals surface area contributed by atoms with E-state index in [4.69, 9.17) is 4.74 Å². The molecule has 0 aromatic carbocycles. The highest BCUT2D eigenvalue weighted by molar-refractivity contribution is 5.96. The molecule has 0 aromatic heterocycles. The van der Waals surface area contributed by atoms with Crippen molar-refractivity contribution in [1.82, 2.24) is 16.0 Å². The Morgan fingerprint density at radius 1 is 1.53 bits per heavy atom. The molecule has 0 aliphatic carbocycles. The third kappa shape index (κ3) is 5.14. The van der Waals surface area contributed by atoms with Crippen LogP contribution >= 0.6 is 0 Å². The van der Waals surface area contributed by atoms with Crippen LogP contribution in [0.3, 0.4) is 0 Å². The monoisotopic (exact) mass is 243 g/mol. The second-order valence-electron chi connectivity index (χ2n) is 4.12. The lowest BCUT2D eigenvalue weighted by molar-refractivity contribution is -0.130. The molecule has 2 atom stereocenters. The second-order valence-corrected chi connectivity index (χ2v) is 4.12. The summed E-state index contributed by atoms with van der Waals surface area (Å²) in [5, 5.41) is 7.99. The fourth-order valence-electron chi connectivity index (χ4n) is 1.65. The molecular weight excluding hydrogens is 222 g/mol. The van der Waals surface area contributed by atoms with Gasteiger partial charge in [-0.15, -0.1) is 0 Å². The van der Waals surface area contributed by atoms with E-state index in [2.05, 4.69) is 16.0 Å². The first-order chi connectivity index (χ1) is 8.13. The molecule has 0 spiro atoms. The molecule has 1 rings (SSSR count). The first-order valence-corrected chi connectivity index (χ1v) is 6.07. The number of amides is 3. The number of ether oxygens (including phenoxy) is 1. The molecule has 1 aliphatic rings. The van der Waals surface area contributed by atoms with Crippen molar-refractivity contribution >= 4 is 11.9 Å². The Bertz CT molecular complexity index is 265. The zero-order chi connectivity index (χ0) is 12.7. The van der Waals surface area contributed by atoms with Crippen LogP contribution in [0, 0.1) is 0 Å². The van der Waals surface area contributed by atoms with Crippen LogP contribution in [0.1, 0.15) is 26.7 Å². The molecule has 1 fully saturated rings. The molecule has 1 aliphatic heterocycles. The molecule has 0 radical (unpaired) electrons. The Hall–Kier alpha value is -1.14. The highest BCUT2D eigenvalue weighted by Gasteiger charge is 2.19. The fraction of sp³-hybridized carbons (Fsp3) is 0.818. The number of urea groups is 1. The van der Waals surface area contributed by atoms with Crippen molar-refractivity contribution in [3.05, 3.63) is 0 Å². The highest BCUT2D eigenvalue weighted by Crippen LogP contribution is 2.06. The minimum absolute atomic E-state index is 0.328. The summed E-state index contributed by atoms with van der Waals surface area (Å²) in [6, 6.07) is -0.151. The van der Waals surface area contributed by atoms with E-state index in [1.165, 1.54) is 0 Å². The number of imide groups is 1. The van der Waals surface area contributed by atoms with Crippen LogP contribution in [-0.2, 0) is 9.53 Å². The van der Waals surface area contributed by atoms with Gasteiger partial charge in [0, 0.05) is 12.6 Å². The topological polar surface area (TPSA) is 79.5 Å². The molecule has 1 heterocycles. The Kier molecular flexibility index (Phi) is 5.93. The second kappa shape index (κ2) is 7.24. The summed E-state index contributed by atoms with van der Waals surface area (Å²) in [5.41, 5.74) is 0. The van der Waals surface area contributed by atoms with Crippen molar-refractivity contribution in [2.45, 2.75) is 38.8 Å². The van der Waals surface area contributed by atoms with E-state index in [0.29, 0.717) is 19.2 Å². The van der Waals surface area contributed by atoms with E-state index in [1.54, 1.807) is 13.8 Å². The van der Waals surface area contributed by atoms with Gasteiger partial charge in [0.25, 0.3) is 5.91 Å². The van der Waals surface area contributed by atoms with Crippen LogP contribution in [0.2, 0.25) is 0 Å². The Labute approximate surface area is 101 Å². The average Bonchev–Trinajstić information content (AvgIpc) is 2.78. The van der Waals surface area contributed by atoms with Crippen molar-refractivity contribution < 1.29 is 14.3 Å². The van der Waals surface area contributed by atoms with E-state index in [9.17, 15) is 9.59 Å². The van der Waals surface area contributed by atoms with Gasteiger partial charge in [-0.25, -0.2) is 4.79 Å². The SMILES string of the molecule is CCNC(=O)NC(=O)C(C)OCC1CCCN1. The summed E-state index contributed by atoms with van der Waals surface area (Å²) in [6.45, 7) is 5.43. The zero-order valence-corrected chi connectivity index (χ0v) is 10.4. The van der Waals surface area contributed by atoms with E-state index in [-0.39, 0.29) is 0 Å². The number of carbonyl (C=O) groups is 2. The van der Waals surface area contributed by atoms with Crippen LogP contribution in [0.15, 0.2) is 0 Å². The van der Waals surface area contributed by atoms with Crippen molar-refractivity contribution in [1.29, 1.82) is 0 Å². The number of hydrogen-bond donors (Lipinski definition) is 3. The van der Waals surface area contributed by atoms with Gasteiger partial charge in [-0.2, -0.15) is 0 Å². The molecular formula is C11H21N3O3. The Morgan fingerprint density at radius 3 is 2.88 bits per heavy atom. The number of rotatable bonds is 5. The van der Waals surface area contributed by atoms with E-state index in [0.717, 1.165) is 19.4 Å². The van der Waals surface area contributed by atoms with Gasteiger partial charge in [-0.1, -0.05) is 0 Å². The zero-order valence-electron chi connectivity index (χ0n) is 10.4. The van der Waals surface area contributed by atoms with Gasteiger partial charge in [0.1, 0.15) is 6.10 Å². The maximum Gasteiger partial charge on any atom is 0.321 e. The predicted molar refractivity (Wildman–Crippen MR) is 63.7 cm³/mol. The van der Waals surface area contributed by atoms with E-state index in [1.807, 2.05) is 0 Å². The molecule has 0 bridgehead atoms. The number of carbonyl (C=O) groups excluding carboxylic acids is 2. The fourth-order valence-corrected chi connectivity index (χ4v) is 1.65. The van der Waals surface area contributed by atoms with Gasteiger partial charge >= 0.3 is 6.03 Å². The van der Waals surface area contributed by atoms with Gasteiger partial charge in [-0.05, 0) is 33.2 Å². The smallest absolute Gasteiger partial charge is 0.321 e. The van der Waals surface area contributed by atoms with Gasteiger partial charge in [0.15, 0.2) is 0 Å². The minimum Gasteiger partial charge on any atom is -0.367 e. The van der Waals surface area contributed by atoms with Crippen molar-refractivity contribution in [2.24, 2.45) is 0 Å². The summed E-state index contributed by atoms with van der Waals surface area (Å²) >= 11 is 0. The Morgan fingerprint density at radius 2 is 2.29 bits per heavy atom. The minimum atomic E-state index is -0.611. The molecule has 3 N–H and O–H groups in total. The summed E-state index contributed by atoms with van der Waals surface area (Å²) in [7, 11) is 0. The predicted octanol–water partition coefficient (Wildman–Crippen LogP) is -0.0108. The summed E-state index contributed by atoms with van der Waals surface area (Å²) < 4.78 is 5.41. The van der Waals surface area contributed by atoms with Gasteiger partial charge in [0.05, 0.1) is 6.61 Å². The first-order valence-electron chi connectivity index (χ1n) is 6.07. The van der Waals surface area contributed by atoms with E-state index < -0.39 is 18.0 Å². The molecule has 0 aromatic rings. The number of hydrogen-bond acceptors (Lipinski definition) is 4. The van der Waals surface area contributed by atoms with Crippen molar-refractivity contribution in [2.75, 3.05) is 19.7 Å². The highest BCUT2D eigenvalue weighted by atomic mass is 16.5.